The van der Waals surface area contributed by atoms with Crippen LogP contribution in [0.1, 0.15) is 175 Å². The molecule has 2 spiro atoms. The van der Waals surface area contributed by atoms with E-state index in [1.807, 2.05) is 178 Å². The highest BCUT2D eigenvalue weighted by molar-refractivity contribution is 14.1. The van der Waals surface area contributed by atoms with Crippen molar-refractivity contribution in [2.24, 2.45) is 11.8 Å². The van der Waals surface area contributed by atoms with Crippen LogP contribution in [0.3, 0.4) is 0 Å². The first-order chi connectivity index (χ1) is 39.1. The highest BCUT2D eigenvalue weighted by Crippen LogP contribution is 2.61. The number of benzene rings is 5. The van der Waals surface area contributed by atoms with E-state index in [1.54, 1.807) is 6.07 Å². The second-order valence-corrected chi connectivity index (χ2v) is 30.2. The quantitative estimate of drug-likeness (QED) is 0.0959. The van der Waals surface area contributed by atoms with E-state index in [-0.39, 0.29) is 46.2 Å². The highest BCUT2D eigenvalue weighted by atomic mass is 127. The molecule has 14 rings (SSSR count). The molecule has 20 heteroatoms. The van der Waals surface area contributed by atoms with Gasteiger partial charge in [0, 0.05) is 40.9 Å². The number of fused-ring (bicyclic) bond motifs is 12. The topological polar surface area (TPSA) is 145 Å². The zero-order valence-corrected chi connectivity index (χ0v) is 55.3. The number of rotatable bonds is 3. The molecule has 9 aliphatic rings. The summed E-state index contributed by atoms with van der Waals surface area (Å²) < 4.78 is 76.8. The molecule has 1 saturated carbocycles. The second kappa shape index (κ2) is 20.3. The molecule has 8 aliphatic heterocycles. The number of esters is 2. The zero-order valence-electron chi connectivity index (χ0n) is 51.0. The van der Waals surface area contributed by atoms with Crippen LogP contribution in [0.4, 0.5) is 0 Å². The van der Waals surface area contributed by atoms with E-state index in [9.17, 15) is 9.59 Å². The molecule has 2 atom stereocenters. The molecule has 5 aromatic carbocycles. The van der Waals surface area contributed by atoms with E-state index in [1.165, 1.54) is 0 Å². The van der Waals surface area contributed by atoms with Crippen LogP contribution < -0.4 is 20.4 Å². The third kappa shape index (κ3) is 9.57. The first kappa shape index (κ1) is 60.3. The largest absolute Gasteiger partial charge is 0.494 e. The van der Waals surface area contributed by atoms with Gasteiger partial charge in [0.25, 0.3) is 0 Å². The van der Waals surface area contributed by atoms with Gasteiger partial charge in [-0.05, 0) is 234 Å². The van der Waals surface area contributed by atoms with Crippen molar-refractivity contribution in [1.29, 1.82) is 0 Å². The van der Waals surface area contributed by atoms with Crippen molar-refractivity contribution in [2.45, 2.75) is 192 Å². The average Bonchev–Trinajstić information content (AvgIpc) is 1.54. The van der Waals surface area contributed by atoms with Gasteiger partial charge in [-0.15, -0.1) is 0 Å². The van der Waals surface area contributed by atoms with E-state index >= 15 is 0 Å². The number of hydrogen-bond donors (Lipinski definition) is 0. The minimum absolute atomic E-state index is 0.00565. The Labute approximate surface area is 523 Å². The normalized spacial score (nSPS) is 26.0. The van der Waals surface area contributed by atoms with Gasteiger partial charge in [0.15, 0.2) is 11.2 Å². The van der Waals surface area contributed by atoms with Crippen LogP contribution in [0.5, 0.6) is 23.0 Å². The van der Waals surface area contributed by atoms with Crippen LogP contribution in [0.15, 0.2) is 97.1 Å². The molecule has 5 aromatic rings. The van der Waals surface area contributed by atoms with Crippen molar-refractivity contribution in [3.63, 3.8) is 0 Å². The van der Waals surface area contributed by atoms with Gasteiger partial charge < -0.3 is 56.2 Å². The molecule has 0 bridgehead atoms. The molecule has 8 heterocycles. The van der Waals surface area contributed by atoms with Crippen molar-refractivity contribution < 1.29 is 65.8 Å². The summed E-state index contributed by atoms with van der Waals surface area (Å²) in [5.41, 5.74) is 1.21. The molecule has 84 heavy (non-hydrogen) atoms. The fourth-order valence-electron chi connectivity index (χ4n) is 12.7. The number of carbonyl (C=O) groups excluding carboxylic acids is 2. The highest BCUT2D eigenvalue weighted by Gasteiger charge is 2.65. The first-order valence-corrected chi connectivity index (χ1v) is 31.5. The predicted octanol–water partition coefficient (Wildman–Crippen LogP) is 12.7. The van der Waals surface area contributed by atoms with E-state index < -0.39 is 61.9 Å². The second-order valence-electron chi connectivity index (χ2n) is 27.7. The molecular weight excluding hydrogens is 1290 g/mol. The Hall–Kier alpha value is -3.96. The molecule has 1 aliphatic carbocycles. The van der Waals surface area contributed by atoms with Crippen LogP contribution >= 0.6 is 45.2 Å². The van der Waals surface area contributed by atoms with Gasteiger partial charge >= 0.3 is 40.2 Å². The summed E-state index contributed by atoms with van der Waals surface area (Å²) in [5, 5.41) is 0. The van der Waals surface area contributed by atoms with Crippen LogP contribution in [0, 0.1) is 19.0 Å². The van der Waals surface area contributed by atoms with Crippen LogP contribution in [0.2, 0.25) is 0 Å². The molecule has 0 amide bonds. The predicted molar refractivity (Wildman–Crippen MR) is 339 cm³/mol. The van der Waals surface area contributed by atoms with E-state index in [4.69, 9.17) is 56.2 Å². The van der Waals surface area contributed by atoms with Gasteiger partial charge in [-0.2, -0.15) is 0 Å². The first-order valence-electron chi connectivity index (χ1n) is 29.4. The SMILES string of the molecule is CC1(C)OB(B2OC(C)(C)C(C)(C)O2)OC1(C)C.CC1(C)OB(c2ccc3c(c2)Oc2cc(B4OC(C)(C)C(C)(C)O4)ccc2C32OC(=O)c3ccccc32)OC1(C)C.O=C1OC2(c3ccc(I)cc3Oc3cc(I)ccc32)C2CCCCC12. The van der Waals surface area contributed by atoms with Gasteiger partial charge in [-0.3, -0.25) is 4.79 Å². The lowest BCUT2D eigenvalue weighted by Gasteiger charge is -2.41. The molecule has 6 fully saturated rings. The summed E-state index contributed by atoms with van der Waals surface area (Å²) in [6, 6.07) is 31.6. The Kier molecular flexibility index (Phi) is 14.6. The monoisotopic (exact) mass is 1360 g/mol. The summed E-state index contributed by atoms with van der Waals surface area (Å²) in [6.45, 7) is 32.4. The minimum atomic E-state index is -1.17. The summed E-state index contributed by atoms with van der Waals surface area (Å²) in [6.07, 6.45) is 4.22. The summed E-state index contributed by atoms with van der Waals surface area (Å²) in [4.78, 5) is 26.0. The van der Waals surface area contributed by atoms with Gasteiger partial charge in [0.05, 0.1) is 56.3 Å². The standard InChI is InChI=1S/C32H34B2O7.C20H16I2O3.C12H24B2O4/c1-28(2)29(3,4)39-33(38-28)19-13-15-23-25(17-19)36-26-18-20(34-40-30(5,6)31(7,8)41-34)14-16-24(26)32(23)22-12-10-9-11-21(22)27(35)37-32;21-11-5-7-15-17(9-11)24-18-10-12(22)6-8-16(18)20(15)14-4-2-1-3-13(14)19(23)25-20;1-9(2)10(3,4)16-13(15-9)14-17-11(5,6)12(7,8)18-14/h9-18H,1-8H3;5-10,13-14H,1-4H2;1-8H3. The Balaban J connectivity index is 0.000000137. The number of hydrogen-bond acceptors (Lipinski definition) is 14. The molecule has 0 radical (unpaired) electrons. The summed E-state index contributed by atoms with van der Waals surface area (Å²) in [5.74, 6) is 2.56. The van der Waals surface area contributed by atoms with E-state index in [0.29, 0.717) is 17.1 Å². The van der Waals surface area contributed by atoms with Crippen LogP contribution in [0.25, 0.3) is 0 Å². The molecule has 0 N–H and O–H groups in total. The third-order valence-corrected chi connectivity index (χ3v) is 21.7. The van der Waals surface area contributed by atoms with Crippen molar-refractivity contribution in [2.75, 3.05) is 0 Å². The third-order valence-electron chi connectivity index (χ3n) is 20.3. The number of ether oxygens (including phenoxy) is 4. The molecule has 2 unspecified atom stereocenters. The summed E-state index contributed by atoms with van der Waals surface area (Å²) >= 11 is 4.59. The molecular formula is C64H74B4I2O14. The van der Waals surface area contributed by atoms with Gasteiger partial charge in [0.1, 0.15) is 23.0 Å². The van der Waals surface area contributed by atoms with E-state index in [2.05, 4.69) is 69.4 Å². The van der Waals surface area contributed by atoms with Crippen molar-refractivity contribution in [3.8, 4) is 23.0 Å². The smallest absolute Gasteiger partial charge is 0.456 e. The van der Waals surface area contributed by atoms with Crippen LogP contribution in [-0.2, 0) is 62.7 Å². The maximum Gasteiger partial charge on any atom is 0.494 e. The zero-order chi connectivity index (χ0) is 60.3. The minimum Gasteiger partial charge on any atom is -0.456 e. The van der Waals surface area contributed by atoms with Crippen molar-refractivity contribution in [3.05, 3.63) is 138 Å². The van der Waals surface area contributed by atoms with E-state index in [0.717, 1.165) is 83.1 Å². The maximum atomic E-state index is 13.3. The Morgan fingerprint density at radius 2 is 0.798 bits per heavy atom. The molecule has 14 nitrogen and oxygen atoms in total. The Morgan fingerprint density at radius 1 is 0.417 bits per heavy atom. The Bertz CT molecular complexity index is 3270. The molecule has 0 aromatic heterocycles. The van der Waals surface area contributed by atoms with Gasteiger partial charge in [-0.25, -0.2) is 4.79 Å². The fraction of sp³-hybridized carbons (Fsp3) is 0.500. The number of carbonyl (C=O) groups is 2. The molecule has 5 saturated heterocycles. The lowest BCUT2D eigenvalue weighted by Crippen LogP contribution is -2.41. The lowest BCUT2D eigenvalue weighted by molar-refractivity contribution is -0.149. The van der Waals surface area contributed by atoms with Crippen molar-refractivity contribution >= 4 is 96.3 Å². The molecule has 440 valence electrons. The van der Waals surface area contributed by atoms with Crippen LogP contribution in [-0.4, -0.2) is 85.0 Å². The Morgan fingerprint density at radius 3 is 1.24 bits per heavy atom. The number of halogens is 2. The summed E-state index contributed by atoms with van der Waals surface area (Å²) in [7, 11) is -2.09. The lowest BCUT2D eigenvalue weighted by atomic mass is 9.49. The van der Waals surface area contributed by atoms with Gasteiger partial charge in [-0.1, -0.05) is 55.3 Å². The average molecular weight is 1360 g/mol. The van der Waals surface area contributed by atoms with Gasteiger partial charge in [0.2, 0.25) is 0 Å². The van der Waals surface area contributed by atoms with Crippen molar-refractivity contribution in [1.82, 2.24) is 0 Å². The maximum absolute atomic E-state index is 13.3. The fourth-order valence-corrected chi connectivity index (χ4v) is 13.6.